The third-order valence-corrected chi connectivity index (χ3v) is 3.19. The normalized spacial score (nSPS) is 17.7. The molecule has 1 unspecified atom stereocenters. The first-order valence-corrected chi connectivity index (χ1v) is 6.98. The molecule has 0 spiro atoms. The van der Waals surface area contributed by atoms with E-state index < -0.39 is 5.82 Å². The van der Waals surface area contributed by atoms with Crippen molar-refractivity contribution in [2.75, 3.05) is 19.8 Å². The summed E-state index contributed by atoms with van der Waals surface area (Å²) in [4.78, 5) is 12.0. The predicted molar refractivity (Wildman–Crippen MR) is 76.3 cm³/mol. The molecular weight excluding hydrogens is 273 g/mol. The quantitative estimate of drug-likeness (QED) is 0.829. The Labute approximate surface area is 123 Å². The van der Waals surface area contributed by atoms with Crippen LogP contribution in [-0.4, -0.2) is 36.9 Å². The van der Waals surface area contributed by atoms with E-state index in [-0.39, 0.29) is 29.7 Å². The third-order valence-electron chi connectivity index (χ3n) is 3.19. The molecule has 1 aromatic rings. The molecule has 1 fully saturated rings. The molecule has 0 radical (unpaired) electrons. The van der Waals surface area contributed by atoms with Crippen LogP contribution in [-0.2, 0) is 4.74 Å². The van der Waals surface area contributed by atoms with Gasteiger partial charge in [0.05, 0.1) is 24.8 Å². The highest BCUT2D eigenvalue weighted by Crippen LogP contribution is 2.11. The number of nitrogens with one attached hydrogen (secondary N) is 1. The molecule has 0 aliphatic carbocycles. The van der Waals surface area contributed by atoms with Gasteiger partial charge in [0.2, 0.25) is 0 Å². The maximum Gasteiger partial charge on any atom is 0.251 e. The van der Waals surface area contributed by atoms with E-state index in [1.807, 2.05) is 0 Å². The highest BCUT2D eigenvalue weighted by Gasteiger charge is 2.17. The first kappa shape index (κ1) is 15.5. The molecule has 0 bridgehead atoms. The van der Waals surface area contributed by atoms with Crippen molar-refractivity contribution in [2.24, 2.45) is 0 Å². The molecule has 21 heavy (non-hydrogen) atoms. The van der Waals surface area contributed by atoms with Crippen LogP contribution in [0.5, 0.6) is 0 Å². The van der Waals surface area contributed by atoms with E-state index >= 15 is 0 Å². The fourth-order valence-electron chi connectivity index (χ4n) is 2.09. The number of aliphatic hydroxyl groups is 1. The third kappa shape index (κ3) is 4.55. The molecule has 112 valence electrons. The number of amides is 1. The molecule has 1 aliphatic heterocycles. The molecule has 1 heterocycles. The minimum absolute atomic E-state index is 0.0154. The maximum absolute atomic E-state index is 13.8. The summed E-state index contributed by atoms with van der Waals surface area (Å²) in [6.07, 6.45) is 2.08. The molecule has 2 rings (SSSR count). The number of halogens is 1. The van der Waals surface area contributed by atoms with Gasteiger partial charge in [-0.15, -0.1) is 0 Å². The lowest BCUT2D eigenvalue weighted by atomic mass is 10.1. The number of aliphatic hydroxyl groups excluding tert-OH is 1. The molecule has 0 saturated carbocycles. The second-order valence-electron chi connectivity index (χ2n) is 4.86. The largest absolute Gasteiger partial charge is 0.395 e. The van der Waals surface area contributed by atoms with Crippen LogP contribution in [0.25, 0.3) is 0 Å². The lowest BCUT2D eigenvalue weighted by Gasteiger charge is -2.23. The topological polar surface area (TPSA) is 58.6 Å². The number of ether oxygens (including phenoxy) is 1. The van der Waals surface area contributed by atoms with Gasteiger partial charge in [0, 0.05) is 18.6 Å². The van der Waals surface area contributed by atoms with Crippen molar-refractivity contribution in [3.05, 3.63) is 35.1 Å². The van der Waals surface area contributed by atoms with Gasteiger partial charge in [-0.05, 0) is 31.0 Å². The highest BCUT2D eigenvalue weighted by molar-refractivity contribution is 5.94. The van der Waals surface area contributed by atoms with Crippen LogP contribution in [0.1, 0.15) is 35.2 Å². The van der Waals surface area contributed by atoms with Crippen LogP contribution in [0.3, 0.4) is 0 Å². The first-order valence-electron chi connectivity index (χ1n) is 6.98. The Morgan fingerprint density at radius 2 is 2.38 bits per heavy atom. The molecule has 1 amide bonds. The van der Waals surface area contributed by atoms with E-state index in [4.69, 9.17) is 9.84 Å². The molecule has 1 saturated heterocycles. The number of hydrogen-bond donors (Lipinski definition) is 2. The van der Waals surface area contributed by atoms with E-state index in [0.29, 0.717) is 13.0 Å². The summed E-state index contributed by atoms with van der Waals surface area (Å²) in [5.41, 5.74) is 0.492. The summed E-state index contributed by atoms with van der Waals surface area (Å²) in [5, 5.41) is 11.5. The molecule has 4 nitrogen and oxygen atoms in total. The van der Waals surface area contributed by atoms with Crippen LogP contribution < -0.4 is 5.32 Å². The number of carbonyl (C=O) groups is 1. The minimum atomic E-state index is -0.534. The summed E-state index contributed by atoms with van der Waals surface area (Å²) in [5.74, 6) is 4.43. The van der Waals surface area contributed by atoms with Gasteiger partial charge in [0.1, 0.15) is 5.82 Å². The first-order chi connectivity index (χ1) is 10.2. The van der Waals surface area contributed by atoms with Crippen LogP contribution in [0.2, 0.25) is 0 Å². The summed E-state index contributed by atoms with van der Waals surface area (Å²) in [6.45, 7) is 1.17. The zero-order valence-electron chi connectivity index (χ0n) is 11.7. The molecule has 2 N–H and O–H groups in total. The summed E-state index contributed by atoms with van der Waals surface area (Å²) in [7, 11) is 0. The van der Waals surface area contributed by atoms with Crippen molar-refractivity contribution in [3.8, 4) is 11.8 Å². The van der Waals surface area contributed by atoms with E-state index in [9.17, 15) is 9.18 Å². The zero-order valence-corrected chi connectivity index (χ0v) is 11.7. The lowest BCUT2D eigenvalue weighted by Crippen LogP contribution is -2.40. The Balaban J connectivity index is 2.01. The minimum Gasteiger partial charge on any atom is -0.395 e. The summed E-state index contributed by atoms with van der Waals surface area (Å²) in [6, 6.07) is 4.19. The monoisotopic (exact) mass is 291 g/mol. The van der Waals surface area contributed by atoms with Gasteiger partial charge in [-0.2, -0.15) is 0 Å². The Morgan fingerprint density at radius 3 is 3.05 bits per heavy atom. The number of hydrogen-bond acceptors (Lipinski definition) is 3. The lowest BCUT2D eigenvalue weighted by molar-refractivity contribution is 0.0624. The molecular formula is C16H18FNO3. The van der Waals surface area contributed by atoms with Crippen LogP contribution >= 0.6 is 0 Å². The molecule has 5 heteroatoms. The number of benzene rings is 1. The Morgan fingerprint density at radius 1 is 1.52 bits per heavy atom. The average Bonchev–Trinajstić information content (AvgIpc) is 2.50. The predicted octanol–water partition coefficient (Wildman–Crippen LogP) is 1.47. The van der Waals surface area contributed by atoms with Gasteiger partial charge in [-0.1, -0.05) is 11.8 Å². The smallest absolute Gasteiger partial charge is 0.251 e. The molecule has 1 aromatic carbocycles. The van der Waals surface area contributed by atoms with Crippen molar-refractivity contribution in [1.29, 1.82) is 0 Å². The second kappa shape index (κ2) is 7.77. The van der Waals surface area contributed by atoms with Gasteiger partial charge < -0.3 is 15.2 Å². The van der Waals surface area contributed by atoms with E-state index in [1.165, 1.54) is 12.1 Å². The number of rotatable bonds is 3. The van der Waals surface area contributed by atoms with Crippen molar-refractivity contribution in [1.82, 2.24) is 5.32 Å². The van der Waals surface area contributed by atoms with Crippen LogP contribution in [0, 0.1) is 17.7 Å². The van der Waals surface area contributed by atoms with Gasteiger partial charge in [0.15, 0.2) is 0 Å². The van der Waals surface area contributed by atoms with Gasteiger partial charge in [-0.3, -0.25) is 4.79 Å². The van der Waals surface area contributed by atoms with Gasteiger partial charge in [0.25, 0.3) is 5.91 Å². The molecule has 1 aliphatic rings. The average molecular weight is 291 g/mol. The van der Waals surface area contributed by atoms with Crippen molar-refractivity contribution in [2.45, 2.75) is 25.3 Å². The fourth-order valence-corrected chi connectivity index (χ4v) is 2.09. The van der Waals surface area contributed by atoms with E-state index in [0.717, 1.165) is 19.4 Å². The van der Waals surface area contributed by atoms with Crippen LogP contribution in [0.15, 0.2) is 18.2 Å². The summed E-state index contributed by atoms with van der Waals surface area (Å²) < 4.78 is 19.1. The van der Waals surface area contributed by atoms with E-state index in [1.54, 1.807) is 6.07 Å². The Bertz CT molecular complexity index is 556. The van der Waals surface area contributed by atoms with Crippen LogP contribution in [0.4, 0.5) is 4.39 Å². The SMILES string of the molecule is O=C(NC1CCCOC1)c1ccc(C#CCCO)c(F)c1. The van der Waals surface area contributed by atoms with E-state index in [2.05, 4.69) is 17.2 Å². The van der Waals surface area contributed by atoms with Crippen molar-refractivity contribution >= 4 is 5.91 Å². The van der Waals surface area contributed by atoms with Gasteiger partial charge >= 0.3 is 0 Å². The maximum atomic E-state index is 13.8. The zero-order chi connectivity index (χ0) is 15.1. The molecule has 0 aromatic heterocycles. The number of carbonyl (C=O) groups excluding carboxylic acids is 1. The summed E-state index contributed by atoms with van der Waals surface area (Å²) >= 11 is 0. The fraction of sp³-hybridized carbons (Fsp3) is 0.438. The second-order valence-corrected chi connectivity index (χ2v) is 4.86. The Hall–Kier alpha value is -1.90. The Kier molecular flexibility index (Phi) is 5.73. The van der Waals surface area contributed by atoms with Crippen molar-refractivity contribution < 1.29 is 19.0 Å². The van der Waals surface area contributed by atoms with Gasteiger partial charge in [-0.25, -0.2) is 4.39 Å². The molecule has 1 atom stereocenters. The standard InChI is InChI=1S/C16H18FNO3/c17-15-10-13(7-6-12(15)4-1-2-8-19)16(20)18-14-5-3-9-21-11-14/h6-7,10,14,19H,2-3,5,8-9,11H2,(H,18,20). The highest BCUT2D eigenvalue weighted by atomic mass is 19.1. The van der Waals surface area contributed by atoms with Crippen molar-refractivity contribution in [3.63, 3.8) is 0 Å².